The second kappa shape index (κ2) is 7.69. The molecule has 1 aromatic carbocycles. The molecule has 3 rings (SSSR count). The SMILES string of the molecule is CCc1c(C(=O)NCc2ccc(O)c(OC)c2)cnn1-c1ccccn1. The van der Waals surface area contributed by atoms with E-state index in [4.69, 9.17) is 4.74 Å². The number of rotatable bonds is 6. The van der Waals surface area contributed by atoms with Crippen LogP contribution in [-0.2, 0) is 13.0 Å². The number of benzene rings is 1. The Labute approximate surface area is 151 Å². The molecule has 0 fully saturated rings. The Balaban J connectivity index is 1.77. The van der Waals surface area contributed by atoms with Gasteiger partial charge in [-0.3, -0.25) is 4.79 Å². The molecule has 0 aliphatic carbocycles. The summed E-state index contributed by atoms with van der Waals surface area (Å²) in [5.41, 5.74) is 2.14. The van der Waals surface area contributed by atoms with Crippen LogP contribution in [0.25, 0.3) is 5.82 Å². The molecule has 0 radical (unpaired) electrons. The average Bonchev–Trinajstić information content (AvgIpc) is 3.12. The van der Waals surface area contributed by atoms with E-state index < -0.39 is 0 Å². The summed E-state index contributed by atoms with van der Waals surface area (Å²) < 4.78 is 6.76. The summed E-state index contributed by atoms with van der Waals surface area (Å²) in [6.07, 6.45) is 3.89. The number of phenols is 1. The molecule has 0 saturated heterocycles. The smallest absolute Gasteiger partial charge is 0.255 e. The summed E-state index contributed by atoms with van der Waals surface area (Å²) in [4.78, 5) is 16.9. The number of nitrogens with zero attached hydrogens (tertiary/aromatic N) is 3. The van der Waals surface area contributed by atoms with Crippen LogP contribution in [-0.4, -0.2) is 32.9 Å². The van der Waals surface area contributed by atoms with Crippen LogP contribution in [0.4, 0.5) is 0 Å². The highest BCUT2D eigenvalue weighted by Gasteiger charge is 2.17. The van der Waals surface area contributed by atoms with Crippen LogP contribution in [0.2, 0.25) is 0 Å². The number of aromatic hydroxyl groups is 1. The highest BCUT2D eigenvalue weighted by molar-refractivity contribution is 5.95. The highest BCUT2D eigenvalue weighted by Crippen LogP contribution is 2.26. The minimum atomic E-state index is -0.212. The molecule has 2 heterocycles. The van der Waals surface area contributed by atoms with Crippen molar-refractivity contribution in [2.45, 2.75) is 19.9 Å². The van der Waals surface area contributed by atoms with Crippen molar-refractivity contribution < 1.29 is 14.6 Å². The standard InChI is InChI=1S/C19H20N4O3/c1-3-15-14(12-22-23(15)18-6-4-5-9-20-18)19(25)21-11-13-7-8-16(24)17(10-13)26-2/h4-10,12,24H,3,11H2,1-2H3,(H,21,25). The van der Waals surface area contributed by atoms with Gasteiger partial charge in [-0.25, -0.2) is 9.67 Å². The zero-order valence-corrected chi connectivity index (χ0v) is 14.6. The summed E-state index contributed by atoms with van der Waals surface area (Å²) in [6.45, 7) is 2.28. The molecule has 0 atom stereocenters. The molecule has 7 heteroatoms. The van der Waals surface area contributed by atoms with E-state index in [9.17, 15) is 9.90 Å². The van der Waals surface area contributed by atoms with Crippen LogP contribution in [0.3, 0.4) is 0 Å². The molecule has 0 aliphatic heterocycles. The van der Waals surface area contributed by atoms with Crippen molar-refractivity contribution in [2.75, 3.05) is 7.11 Å². The fraction of sp³-hybridized carbons (Fsp3) is 0.211. The van der Waals surface area contributed by atoms with Gasteiger partial charge in [0.05, 0.1) is 24.6 Å². The largest absolute Gasteiger partial charge is 0.504 e. The Kier molecular flexibility index (Phi) is 5.17. The lowest BCUT2D eigenvalue weighted by Crippen LogP contribution is -2.23. The van der Waals surface area contributed by atoms with Crippen LogP contribution in [0.1, 0.15) is 28.5 Å². The first-order valence-corrected chi connectivity index (χ1v) is 8.26. The number of nitrogens with one attached hydrogen (secondary N) is 1. The maximum Gasteiger partial charge on any atom is 0.255 e. The number of amides is 1. The Morgan fingerprint density at radius 3 is 2.85 bits per heavy atom. The van der Waals surface area contributed by atoms with Gasteiger partial charge in [-0.2, -0.15) is 5.10 Å². The minimum absolute atomic E-state index is 0.0625. The predicted molar refractivity (Wildman–Crippen MR) is 96.6 cm³/mol. The summed E-state index contributed by atoms with van der Waals surface area (Å²) in [5, 5.41) is 16.8. The molecule has 0 unspecified atom stereocenters. The second-order valence-corrected chi connectivity index (χ2v) is 5.65. The fourth-order valence-corrected chi connectivity index (χ4v) is 2.69. The first-order chi connectivity index (χ1) is 12.6. The second-order valence-electron chi connectivity index (χ2n) is 5.65. The molecule has 2 N–H and O–H groups in total. The molecule has 0 bridgehead atoms. The fourth-order valence-electron chi connectivity index (χ4n) is 2.69. The first-order valence-electron chi connectivity index (χ1n) is 8.26. The van der Waals surface area contributed by atoms with Crippen LogP contribution in [0, 0.1) is 0 Å². The van der Waals surface area contributed by atoms with Crippen LogP contribution < -0.4 is 10.1 Å². The molecule has 1 amide bonds. The van der Waals surface area contributed by atoms with Crippen LogP contribution in [0.15, 0.2) is 48.8 Å². The maximum absolute atomic E-state index is 12.6. The zero-order chi connectivity index (χ0) is 18.5. The van der Waals surface area contributed by atoms with Crippen molar-refractivity contribution in [3.05, 3.63) is 65.6 Å². The van der Waals surface area contributed by atoms with Gasteiger partial charge in [0, 0.05) is 12.7 Å². The Bertz CT molecular complexity index is 906. The molecule has 3 aromatic rings. The number of carbonyl (C=O) groups is 1. The molecule has 26 heavy (non-hydrogen) atoms. The van der Waals surface area contributed by atoms with Crippen molar-refractivity contribution in [1.82, 2.24) is 20.1 Å². The minimum Gasteiger partial charge on any atom is -0.504 e. The van der Waals surface area contributed by atoms with Crippen molar-refractivity contribution in [3.63, 3.8) is 0 Å². The van der Waals surface area contributed by atoms with Gasteiger partial charge in [0.2, 0.25) is 0 Å². The molecule has 7 nitrogen and oxygen atoms in total. The lowest BCUT2D eigenvalue weighted by atomic mass is 10.1. The summed E-state index contributed by atoms with van der Waals surface area (Å²) in [6, 6.07) is 10.5. The summed E-state index contributed by atoms with van der Waals surface area (Å²) >= 11 is 0. The number of hydrogen-bond acceptors (Lipinski definition) is 5. The van der Waals surface area contributed by atoms with Gasteiger partial charge in [-0.05, 0) is 36.2 Å². The van der Waals surface area contributed by atoms with Gasteiger partial charge in [-0.1, -0.05) is 19.1 Å². The molecule has 0 saturated carbocycles. The van der Waals surface area contributed by atoms with Crippen molar-refractivity contribution in [1.29, 1.82) is 0 Å². The third-order valence-electron chi connectivity index (χ3n) is 4.01. The predicted octanol–water partition coefficient (Wildman–Crippen LogP) is 2.47. The first kappa shape index (κ1) is 17.5. The molecule has 2 aromatic heterocycles. The van der Waals surface area contributed by atoms with Gasteiger partial charge in [0.25, 0.3) is 5.91 Å². The van der Waals surface area contributed by atoms with Gasteiger partial charge < -0.3 is 15.2 Å². The summed E-state index contributed by atoms with van der Waals surface area (Å²) in [7, 11) is 1.48. The Morgan fingerprint density at radius 1 is 1.31 bits per heavy atom. The van der Waals surface area contributed by atoms with Crippen LogP contribution in [0.5, 0.6) is 11.5 Å². The lowest BCUT2D eigenvalue weighted by molar-refractivity contribution is 0.0950. The van der Waals surface area contributed by atoms with Gasteiger partial charge in [-0.15, -0.1) is 0 Å². The lowest BCUT2D eigenvalue weighted by Gasteiger charge is -2.09. The monoisotopic (exact) mass is 352 g/mol. The molecule has 0 aliphatic rings. The Morgan fingerprint density at radius 2 is 2.15 bits per heavy atom. The summed E-state index contributed by atoms with van der Waals surface area (Å²) in [5.74, 6) is 0.893. The number of pyridine rings is 1. The maximum atomic E-state index is 12.6. The number of methoxy groups -OCH3 is 1. The molecule has 134 valence electrons. The zero-order valence-electron chi connectivity index (χ0n) is 14.6. The van der Waals surface area contributed by atoms with E-state index in [1.54, 1.807) is 29.2 Å². The van der Waals surface area contributed by atoms with Gasteiger partial charge >= 0.3 is 0 Å². The van der Waals surface area contributed by atoms with Gasteiger partial charge in [0.1, 0.15) is 0 Å². The quantitative estimate of drug-likeness (QED) is 0.711. The Hall–Kier alpha value is -3.35. The van der Waals surface area contributed by atoms with Crippen molar-refractivity contribution >= 4 is 5.91 Å². The van der Waals surface area contributed by atoms with E-state index in [1.807, 2.05) is 25.1 Å². The third kappa shape index (κ3) is 3.51. The van der Waals surface area contributed by atoms with E-state index in [2.05, 4.69) is 15.4 Å². The van der Waals surface area contributed by atoms with E-state index in [1.165, 1.54) is 13.2 Å². The normalized spacial score (nSPS) is 10.5. The molecular formula is C19H20N4O3. The highest BCUT2D eigenvalue weighted by atomic mass is 16.5. The third-order valence-corrected chi connectivity index (χ3v) is 4.01. The molecule has 0 spiro atoms. The number of hydrogen-bond donors (Lipinski definition) is 2. The number of ether oxygens (including phenoxy) is 1. The van der Waals surface area contributed by atoms with E-state index in [-0.39, 0.29) is 11.7 Å². The number of aromatic nitrogens is 3. The van der Waals surface area contributed by atoms with Gasteiger partial charge in [0.15, 0.2) is 17.3 Å². The number of phenolic OH excluding ortho intramolecular Hbond substituents is 1. The topological polar surface area (TPSA) is 89.3 Å². The van der Waals surface area contributed by atoms with Crippen LogP contribution >= 0.6 is 0 Å². The number of carbonyl (C=O) groups excluding carboxylic acids is 1. The van der Waals surface area contributed by atoms with Crippen molar-refractivity contribution in [3.8, 4) is 17.3 Å². The average molecular weight is 352 g/mol. The van der Waals surface area contributed by atoms with E-state index >= 15 is 0 Å². The van der Waals surface area contributed by atoms with E-state index in [0.717, 1.165) is 11.3 Å². The molecular weight excluding hydrogens is 332 g/mol. The van der Waals surface area contributed by atoms with E-state index in [0.29, 0.717) is 30.1 Å². The van der Waals surface area contributed by atoms with Crippen molar-refractivity contribution in [2.24, 2.45) is 0 Å².